The second-order valence-electron chi connectivity index (χ2n) is 5.06. The molecule has 0 spiro atoms. The minimum Gasteiger partial charge on any atom is -0.314 e. The lowest BCUT2D eigenvalue weighted by Gasteiger charge is -2.35. The summed E-state index contributed by atoms with van der Waals surface area (Å²) in [6.07, 6.45) is -2.08. The molecule has 1 heterocycles. The number of alkyl halides is 3. The third-order valence-electron chi connectivity index (χ3n) is 3.66. The summed E-state index contributed by atoms with van der Waals surface area (Å²) >= 11 is 5.68. The van der Waals surface area contributed by atoms with Crippen LogP contribution in [0.25, 0.3) is 0 Å². The molecule has 0 aliphatic carbocycles. The van der Waals surface area contributed by atoms with E-state index in [1.54, 1.807) is 12.1 Å². The number of nitrogens with one attached hydrogen (secondary N) is 1. The molecule has 1 fully saturated rings. The van der Waals surface area contributed by atoms with Crippen molar-refractivity contribution in [3.8, 4) is 0 Å². The third kappa shape index (κ3) is 5.84. The first-order chi connectivity index (χ1) is 9.93. The van der Waals surface area contributed by atoms with Crippen LogP contribution in [-0.4, -0.2) is 31.1 Å². The molecule has 132 valence electrons. The van der Waals surface area contributed by atoms with E-state index in [1.807, 2.05) is 0 Å². The van der Waals surface area contributed by atoms with Crippen LogP contribution in [0.5, 0.6) is 0 Å². The first-order valence-electron chi connectivity index (χ1n) is 6.86. The molecule has 23 heavy (non-hydrogen) atoms. The molecule has 0 saturated carbocycles. The summed E-state index contributed by atoms with van der Waals surface area (Å²) in [5.41, 5.74) is -0.139. The first-order valence-corrected chi connectivity index (χ1v) is 7.23. The molecule has 1 N–H and O–H groups in total. The molecule has 1 aromatic rings. The fourth-order valence-corrected chi connectivity index (χ4v) is 2.84. The van der Waals surface area contributed by atoms with E-state index in [1.165, 1.54) is 12.1 Å². The second kappa shape index (κ2) is 9.74. The zero-order valence-electron chi connectivity index (χ0n) is 12.4. The number of benzene rings is 1. The van der Waals surface area contributed by atoms with Gasteiger partial charge in [0.15, 0.2) is 0 Å². The topological polar surface area (TPSA) is 15.3 Å². The summed E-state index contributed by atoms with van der Waals surface area (Å²) in [4.78, 5) is 2.18. The predicted octanol–water partition coefficient (Wildman–Crippen LogP) is 4.72. The van der Waals surface area contributed by atoms with Crippen molar-refractivity contribution in [2.24, 2.45) is 0 Å². The molecule has 0 radical (unpaired) electrons. The smallest absolute Gasteiger partial charge is 0.314 e. The Morgan fingerprint density at radius 3 is 2.39 bits per heavy atom. The van der Waals surface area contributed by atoms with Crippen molar-refractivity contribution < 1.29 is 13.2 Å². The quantitative estimate of drug-likeness (QED) is 0.747. The SMILES string of the molecule is C=CC[C@@H](c1ccc(Cl)c(C(F)(F)F)c1)N1CCNCC1.Cl.Cl. The Kier molecular flexibility index (Phi) is 9.55. The molecule has 1 aromatic carbocycles. The van der Waals surface area contributed by atoms with Gasteiger partial charge in [0, 0.05) is 32.2 Å². The van der Waals surface area contributed by atoms with Gasteiger partial charge >= 0.3 is 6.18 Å². The molecule has 1 saturated heterocycles. The maximum atomic E-state index is 13.0. The van der Waals surface area contributed by atoms with E-state index in [0.717, 1.165) is 26.2 Å². The van der Waals surface area contributed by atoms with Gasteiger partial charge in [-0.15, -0.1) is 31.4 Å². The van der Waals surface area contributed by atoms with Crippen LogP contribution in [0.4, 0.5) is 13.2 Å². The van der Waals surface area contributed by atoms with Crippen LogP contribution in [0.2, 0.25) is 5.02 Å². The highest BCUT2D eigenvalue weighted by atomic mass is 35.5. The first kappa shape index (κ1) is 22.5. The van der Waals surface area contributed by atoms with Crippen molar-refractivity contribution in [1.29, 1.82) is 0 Å². The molecule has 0 bridgehead atoms. The molecule has 0 aromatic heterocycles. The monoisotopic (exact) mass is 390 g/mol. The Hall–Kier alpha value is -0.460. The fourth-order valence-electron chi connectivity index (χ4n) is 2.62. The largest absolute Gasteiger partial charge is 0.417 e. The van der Waals surface area contributed by atoms with E-state index < -0.39 is 11.7 Å². The van der Waals surface area contributed by atoms with E-state index in [9.17, 15) is 13.2 Å². The maximum absolute atomic E-state index is 13.0. The average Bonchev–Trinajstić information content (AvgIpc) is 2.45. The van der Waals surface area contributed by atoms with Crippen molar-refractivity contribution in [3.63, 3.8) is 0 Å². The van der Waals surface area contributed by atoms with Gasteiger partial charge in [0.2, 0.25) is 0 Å². The molecule has 0 amide bonds. The molecule has 2 rings (SSSR count). The van der Waals surface area contributed by atoms with E-state index in [4.69, 9.17) is 11.6 Å². The number of hydrogen-bond acceptors (Lipinski definition) is 2. The number of piperazine rings is 1. The van der Waals surface area contributed by atoms with Gasteiger partial charge in [-0.25, -0.2) is 0 Å². The lowest BCUT2D eigenvalue weighted by Crippen LogP contribution is -2.45. The van der Waals surface area contributed by atoms with E-state index in [2.05, 4.69) is 16.8 Å². The molecule has 0 unspecified atom stereocenters. The normalized spacial score (nSPS) is 16.9. The average molecular weight is 392 g/mol. The Morgan fingerprint density at radius 2 is 1.87 bits per heavy atom. The Bertz CT molecular complexity index is 503. The lowest BCUT2D eigenvalue weighted by molar-refractivity contribution is -0.137. The number of rotatable bonds is 4. The standard InChI is InChI=1S/C15H18ClF3N2.2ClH/c1-2-3-14(21-8-6-20-7-9-21)11-4-5-13(16)12(10-11)15(17,18)19;;/h2,4-5,10,14,20H,1,3,6-9H2;2*1H/t14-;;/m0../s1. The van der Waals surface area contributed by atoms with Gasteiger partial charge < -0.3 is 5.32 Å². The van der Waals surface area contributed by atoms with Crippen LogP contribution in [0.3, 0.4) is 0 Å². The zero-order chi connectivity index (χ0) is 15.5. The van der Waals surface area contributed by atoms with Crippen molar-refractivity contribution in [2.75, 3.05) is 26.2 Å². The van der Waals surface area contributed by atoms with Gasteiger partial charge in [0.1, 0.15) is 0 Å². The molecular weight excluding hydrogens is 372 g/mol. The van der Waals surface area contributed by atoms with Crippen molar-refractivity contribution in [2.45, 2.75) is 18.6 Å². The number of halogens is 6. The van der Waals surface area contributed by atoms with Crippen LogP contribution < -0.4 is 5.32 Å². The van der Waals surface area contributed by atoms with Crippen molar-refractivity contribution in [1.82, 2.24) is 10.2 Å². The van der Waals surface area contributed by atoms with E-state index in [-0.39, 0.29) is 35.9 Å². The van der Waals surface area contributed by atoms with Gasteiger partial charge in [-0.2, -0.15) is 13.2 Å². The van der Waals surface area contributed by atoms with Crippen LogP contribution in [0, 0.1) is 0 Å². The second-order valence-corrected chi connectivity index (χ2v) is 5.47. The maximum Gasteiger partial charge on any atom is 0.417 e. The molecule has 1 atom stereocenters. The number of nitrogens with zero attached hydrogens (tertiary/aromatic N) is 1. The molecule has 1 aliphatic heterocycles. The van der Waals surface area contributed by atoms with E-state index >= 15 is 0 Å². The third-order valence-corrected chi connectivity index (χ3v) is 3.99. The van der Waals surface area contributed by atoms with Gasteiger partial charge in [-0.3, -0.25) is 4.90 Å². The van der Waals surface area contributed by atoms with Gasteiger partial charge in [-0.05, 0) is 24.1 Å². The van der Waals surface area contributed by atoms with Crippen LogP contribution >= 0.6 is 36.4 Å². The summed E-state index contributed by atoms with van der Waals surface area (Å²) in [6, 6.07) is 4.08. The lowest BCUT2D eigenvalue weighted by atomic mass is 9.99. The molecule has 2 nitrogen and oxygen atoms in total. The summed E-state index contributed by atoms with van der Waals surface area (Å²) in [5.74, 6) is 0. The van der Waals surface area contributed by atoms with Crippen molar-refractivity contribution in [3.05, 3.63) is 47.0 Å². The summed E-state index contributed by atoms with van der Waals surface area (Å²) in [7, 11) is 0. The predicted molar refractivity (Wildman–Crippen MR) is 92.9 cm³/mol. The van der Waals surface area contributed by atoms with Crippen LogP contribution in [0.1, 0.15) is 23.6 Å². The minimum atomic E-state index is -4.44. The minimum absolute atomic E-state index is 0. The van der Waals surface area contributed by atoms with Crippen LogP contribution in [-0.2, 0) is 6.18 Å². The fraction of sp³-hybridized carbons (Fsp3) is 0.467. The van der Waals surface area contributed by atoms with Gasteiger partial charge in [-0.1, -0.05) is 23.7 Å². The van der Waals surface area contributed by atoms with Crippen LogP contribution in [0.15, 0.2) is 30.9 Å². The zero-order valence-corrected chi connectivity index (χ0v) is 14.8. The Labute approximate surface area is 151 Å². The van der Waals surface area contributed by atoms with Gasteiger partial charge in [0.05, 0.1) is 10.6 Å². The molecule has 1 aliphatic rings. The van der Waals surface area contributed by atoms with Crippen molar-refractivity contribution >= 4 is 36.4 Å². The highest BCUT2D eigenvalue weighted by Gasteiger charge is 2.34. The highest BCUT2D eigenvalue weighted by molar-refractivity contribution is 6.31. The molecular formula is C15H20Cl3F3N2. The number of hydrogen-bond donors (Lipinski definition) is 1. The summed E-state index contributed by atoms with van der Waals surface area (Å²) in [6.45, 7) is 7.02. The Balaban J connectivity index is 0.00000242. The van der Waals surface area contributed by atoms with Gasteiger partial charge in [0.25, 0.3) is 0 Å². The summed E-state index contributed by atoms with van der Waals surface area (Å²) in [5, 5.41) is 2.98. The molecule has 8 heteroatoms. The highest BCUT2D eigenvalue weighted by Crippen LogP contribution is 2.37. The van der Waals surface area contributed by atoms with E-state index in [0.29, 0.717) is 12.0 Å². The summed E-state index contributed by atoms with van der Waals surface area (Å²) < 4.78 is 39.0. The Morgan fingerprint density at radius 1 is 1.26 bits per heavy atom.